The average molecular weight is 403 g/mol. The van der Waals surface area contributed by atoms with Crippen LogP contribution in [0.2, 0.25) is 0 Å². The van der Waals surface area contributed by atoms with Crippen molar-refractivity contribution < 1.29 is 9.59 Å². The van der Waals surface area contributed by atoms with Gasteiger partial charge < -0.3 is 0 Å². The highest BCUT2D eigenvalue weighted by Gasteiger charge is 2.14. The number of nitrogens with zero attached hydrogens (tertiary/aromatic N) is 3. The zero-order valence-electron chi connectivity index (χ0n) is 17.3. The number of amides is 2. The monoisotopic (exact) mass is 403 g/mol. The zero-order chi connectivity index (χ0) is 21.6. The molecule has 3 rings (SSSR count). The maximum atomic E-state index is 12.2. The van der Waals surface area contributed by atoms with Gasteiger partial charge in [-0.2, -0.15) is 0 Å². The van der Waals surface area contributed by atoms with Crippen LogP contribution in [0.1, 0.15) is 48.0 Å². The number of carbonyl (C=O) groups excluding carboxylic acids is 2. The number of hydrazine groups is 1. The molecular formula is C23H25N5O2. The van der Waals surface area contributed by atoms with Crippen LogP contribution in [-0.4, -0.2) is 26.8 Å². The van der Waals surface area contributed by atoms with Crippen molar-refractivity contribution in [2.24, 2.45) is 0 Å². The number of aromatic nitrogens is 3. The highest BCUT2D eigenvalue weighted by Crippen LogP contribution is 2.22. The lowest BCUT2D eigenvalue weighted by Gasteiger charge is -2.19. The Kier molecular flexibility index (Phi) is 6.41. The first-order chi connectivity index (χ1) is 14.3. The van der Waals surface area contributed by atoms with Gasteiger partial charge in [-0.05, 0) is 34.8 Å². The normalized spacial score (nSPS) is 11.4. The Morgan fingerprint density at radius 2 is 1.70 bits per heavy atom. The highest BCUT2D eigenvalue weighted by molar-refractivity contribution is 5.97. The summed E-state index contributed by atoms with van der Waals surface area (Å²) >= 11 is 0. The van der Waals surface area contributed by atoms with Gasteiger partial charge in [0, 0.05) is 11.6 Å². The first-order valence-electron chi connectivity index (χ1n) is 9.64. The van der Waals surface area contributed by atoms with Crippen LogP contribution in [0.3, 0.4) is 0 Å². The molecule has 2 N–H and O–H groups in total. The lowest BCUT2D eigenvalue weighted by atomic mass is 9.87. The maximum absolute atomic E-state index is 12.2. The van der Waals surface area contributed by atoms with Crippen molar-refractivity contribution in [1.29, 1.82) is 0 Å². The summed E-state index contributed by atoms with van der Waals surface area (Å²) < 4.78 is 1.69. The Bertz CT molecular complexity index is 1030. The number of benzene rings is 2. The molecule has 154 valence electrons. The van der Waals surface area contributed by atoms with Crippen molar-refractivity contribution in [1.82, 2.24) is 25.8 Å². The van der Waals surface area contributed by atoms with Gasteiger partial charge >= 0.3 is 0 Å². The molecule has 2 aromatic carbocycles. The molecule has 7 heteroatoms. The summed E-state index contributed by atoms with van der Waals surface area (Å²) in [5.74, 6) is -0.849. The highest BCUT2D eigenvalue weighted by atomic mass is 16.2. The van der Waals surface area contributed by atoms with E-state index in [1.165, 1.54) is 12.2 Å². The van der Waals surface area contributed by atoms with E-state index in [1.54, 1.807) is 23.0 Å². The molecule has 7 nitrogen and oxygen atoms in total. The lowest BCUT2D eigenvalue weighted by molar-refractivity contribution is -0.117. The maximum Gasteiger partial charge on any atom is 0.269 e. The van der Waals surface area contributed by atoms with Crippen molar-refractivity contribution in [3.05, 3.63) is 89.3 Å². The summed E-state index contributed by atoms with van der Waals surface area (Å²) in [6.07, 6.45) is 4.57. The van der Waals surface area contributed by atoms with E-state index in [4.69, 9.17) is 0 Å². The molecule has 0 unspecified atom stereocenters. The Balaban J connectivity index is 1.49. The molecule has 0 atom stereocenters. The van der Waals surface area contributed by atoms with Crippen LogP contribution in [-0.2, 0) is 16.8 Å². The molecule has 0 aliphatic carbocycles. The van der Waals surface area contributed by atoms with Crippen molar-refractivity contribution >= 4 is 17.9 Å². The van der Waals surface area contributed by atoms with E-state index in [0.29, 0.717) is 17.8 Å². The molecular weight excluding hydrogens is 378 g/mol. The number of carbonyl (C=O) groups is 2. The third-order valence-corrected chi connectivity index (χ3v) is 4.46. The molecule has 1 heterocycles. The fourth-order valence-corrected chi connectivity index (χ4v) is 2.75. The van der Waals surface area contributed by atoms with E-state index in [9.17, 15) is 9.59 Å². The molecule has 0 aliphatic rings. The Morgan fingerprint density at radius 3 is 2.37 bits per heavy atom. The summed E-state index contributed by atoms with van der Waals surface area (Å²) in [6.45, 7) is 6.91. The fourth-order valence-electron chi connectivity index (χ4n) is 2.75. The van der Waals surface area contributed by atoms with Crippen LogP contribution in [0.5, 0.6) is 0 Å². The number of hydrogen-bond donors (Lipinski definition) is 2. The third kappa shape index (κ3) is 5.88. The first-order valence-corrected chi connectivity index (χ1v) is 9.64. The molecule has 0 aliphatic heterocycles. The molecule has 0 bridgehead atoms. The Hall–Kier alpha value is -3.74. The Morgan fingerprint density at radius 1 is 1.00 bits per heavy atom. The average Bonchev–Trinajstić information content (AvgIpc) is 3.18. The number of hydrogen-bond acceptors (Lipinski definition) is 4. The van der Waals surface area contributed by atoms with Gasteiger partial charge in [-0.15, -0.1) is 5.10 Å². The third-order valence-electron chi connectivity index (χ3n) is 4.46. The van der Waals surface area contributed by atoms with Gasteiger partial charge in [0.25, 0.3) is 11.8 Å². The zero-order valence-corrected chi connectivity index (χ0v) is 17.3. The van der Waals surface area contributed by atoms with Crippen molar-refractivity contribution in [3.63, 3.8) is 0 Å². The Labute approximate surface area is 175 Å². The molecule has 0 saturated carbocycles. The van der Waals surface area contributed by atoms with Crippen LogP contribution in [0, 0.1) is 0 Å². The predicted molar refractivity (Wildman–Crippen MR) is 115 cm³/mol. The van der Waals surface area contributed by atoms with E-state index in [-0.39, 0.29) is 11.3 Å². The fraction of sp³-hybridized carbons (Fsp3) is 0.217. The van der Waals surface area contributed by atoms with Crippen molar-refractivity contribution in [2.45, 2.75) is 32.7 Å². The van der Waals surface area contributed by atoms with Gasteiger partial charge in [0.05, 0.1) is 12.7 Å². The molecule has 0 spiro atoms. The molecule has 0 radical (unpaired) electrons. The smallest absolute Gasteiger partial charge is 0.268 e. The van der Waals surface area contributed by atoms with E-state index in [1.807, 2.05) is 42.5 Å². The predicted octanol–water partition coefficient (Wildman–Crippen LogP) is 3.10. The largest absolute Gasteiger partial charge is 0.269 e. The van der Waals surface area contributed by atoms with Gasteiger partial charge in [0.15, 0.2) is 0 Å². The summed E-state index contributed by atoms with van der Waals surface area (Å²) in [7, 11) is 0. The van der Waals surface area contributed by atoms with Crippen LogP contribution in [0.4, 0.5) is 0 Å². The topological polar surface area (TPSA) is 88.9 Å². The SMILES string of the molecule is CC(C)(C)c1ccc(C(=O)NNC(=O)/C=C/c2cn(Cc3ccccc3)nn2)cc1. The van der Waals surface area contributed by atoms with Crippen LogP contribution >= 0.6 is 0 Å². The van der Waals surface area contributed by atoms with Crippen molar-refractivity contribution in [3.8, 4) is 0 Å². The van der Waals surface area contributed by atoms with Gasteiger partial charge in [-0.25, -0.2) is 4.68 Å². The van der Waals surface area contributed by atoms with Crippen LogP contribution < -0.4 is 10.9 Å². The van der Waals surface area contributed by atoms with E-state index < -0.39 is 5.91 Å². The lowest BCUT2D eigenvalue weighted by Crippen LogP contribution is -2.40. The molecule has 0 fully saturated rings. The minimum absolute atomic E-state index is 0.0109. The summed E-state index contributed by atoms with van der Waals surface area (Å²) in [5.41, 5.74) is 8.02. The molecule has 30 heavy (non-hydrogen) atoms. The van der Waals surface area contributed by atoms with E-state index in [0.717, 1.165) is 11.1 Å². The summed E-state index contributed by atoms with van der Waals surface area (Å²) in [4.78, 5) is 24.2. The van der Waals surface area contributed by atoms with Gasteiger partial charge in [-0.1, -0.05) is 68.4 Å². The van der Waals surface area contributed by atoms with Gasteiger partial charge in [0.1, 0.15) is 5.69 Å². The number of nitrogens with one attached hydrogen (secondary N) is 2. The quantitative estimate of drug-likeness (QED) is 0.506. The molecule has 0 saturated heterocycles. The molecule has 3 aromatic rings. The summed E-state index contributed by atoms with van der Waals surface area (Å²) in [5, 5.41) is 8.06. The second-order valence-electron chi connectivity index (χ2n) is 7.93. The minimum Gasteiger partial charge on any atom is -0.268 e. The second-order valence-corrected chi connectivity index (χ2v) is 7.93. The van der Waals surface area contributed by atoms with Crippen LogP contribution in [0.15, 0.2) is 66.9 Å². The number of rotatable bonds is 5. The van der Waals surface area contributed by atoms with E-state index >= 15 is 0 Å². The minimum atomic E-state index is -0.465. The molecule has 2 amide bonds. The standard InChI is InChI=1S/C23H25N5O2/c1-23(2,3)19-11-9-18(10-12-19)22(30)26-25-21(29)14-13-20-16-28(27-24-20)15-17-7-5-4-6-8-17/h4-14,16H,15H2,1-3H3,(H,25,29)(H,26,30)/b14-13+. The van der Waals surface area contributed by atoms with Crippen molar-refractivity contribution in [2.75, 3.05) is 0 Å². The van der Waals surface area contributed by atoms with Crippen LogP contribution in [0.25, 0.3) is 6.08 Å². The summed E-state index contributed by atoms with van der Waals surface area (Å²) in [6, 6.07) is 17.2. The second kappa shape index (κ2) is 9.17. The van der Waals surface area contributed by atoms with Gasteiger partial charge in [0.2, 0.25) is 0 Å². The first kappa shape index (κ1) is 21.0. The molecule has 1 aromatic heterocycles. The van der Waals surface area contributed by atoms with Gasteiger partial charge in [-0.3, -0.25) is 20.4 Å². The van der Waals surface area contributed by atoms with E-state index in [2.05, 4.69) is 41.9 Å².